The van der Waals surface area contributed by atoms with E-state index in [1.54, 1.807) is 37.6 Å². The molecule has 40 heavy (non-hydrogen) atoms. The minimum atomic E-state index is -0.250. The zero-order valence-electron chi connectivity index (χ0n) is 22.3. The Morgan fingerprint density at radius 1 is 0.975 bits per heavy atom. The Hall–Kier alpha value is -4.09. The number of hydrogen-bond donors (Lipinski definition) is 1. The van der Waals surface area contributed by atoms with Gasteiger partial charge in [0, 0.05) is 42.0 Å². The third-order valence-corrected chi connectivity index (χ3v) is 8.21. The average molecular weight is 559 g/mol. The summed E-state index contributed by atoms with van der Waals surface area (Å²) >= 11 is 1.45. The summed E-state index contributed by atoms with van der Waals surface area (Å²) in [7, 11) is 1.62. The fraction of sp³-hybridized carbons (Fsp3) is 0.345. The number of aromatic nitrogens is 3. The largest absolute Gasteiger partial charge is 0.493 e. The van der Waals surface area contributed by atoms with E-state index in [0.29, 0.717) is 53.1 Å². The number of likely N-dealkylation sites (tertiary alicyclic amines) is 1. The van der Waals surface area contributed by atoms with Crippen molar-refractivity contribution in [2.45, 2.75) is 25.7 Å². The zero-order chi connectivity index (χ0) is 27.5. The van der Waals surface area contributed by atoms with Crippen molar-refractivity contribution < 1.29 is 19.1 Å². The highest BCUT2D eigenvalue weighted by Crippen LogP contribution is 2.35. The number of hydrogen-bond acceptors (Lipinski definition) is 10. The molecule has 2 aromatic carbocycles. The van der Waals surface area contributed by atoms with Gasteiger partial charge in [-0.15, -0.1) is 11.3 Å². The minimum Gasteiger partial charge on any atom is -0.493 e. The van der Waals surface area contributed by atoms with Gasteiger partial charge in [0.05, 0.1) is 30.4 Å². The number of nitrogens with one attached hydrogen (secondary N) is 1. The summed E-state index contributed by atoms with van der Waals surface area (Å²) in [5, 5.41) is 4.72. The highest BCUT2D eigenvalue weighted by molar-refractivity contribution is 7.15. The first-order valence-electron chi connectivity index (χ1n) is 13.5. The number of benzene rings is 2. The zero-order valence-corrected chi connectivity index (χ0v) is 23.1. The van der Waals surface area contributed by atoms with Crippen LogP contribution in [0.3, 0.4) is 0 Å². The van der Waals surface area contributed by atoms with Gasteiger partial charge in [0.2, 0.25) is 0 Å². The molecule has 6 rings (SSSR count). The average Bonchev–Trinajstić information content (AvgIpc) is 3.71. The first-order chi connectivity index (χ1) is 19.6. The van der Waals surface area contributed by atoms with Crippen molar-refractivity contribution >= 4 is 45.0 Å². The van der Waals surface area contributed by atoms with Gasteiger partial charge < -0.3 is 19.7 Å². The summed E-state index contributed by atoms with van der Waals surface area (Å²) in [6.45, 7) is 4.30. The van der Waals surface area contributed by atoms with Crippen LogP contribution in [-0.2, 0) is 6.42 Å². The molecule has 11 heteroatoms. The lowest BCUT2D eigenvalue weighted by Gasteiger charge is -2.16. The summed E-state index contributed by atoms with van der Waals surface area (Å²) in [5.74, 6) is 1.38. The van der Waals surface area contributed by atoms with Crippen LogP contribution in [0.4, 0.5) is 10.9 Å². The minimum absolute atomic E-state index is 0.250. The Kier molecular flexibility index (Phi) is 7.56. The van der Waals surface area contributed by atoms with Crippen LogP contribution in [0.15, 0.2) is 48.9 Å². The molecule has 0 bridgehead atoms. The van der Waals surface area contributed by atoms with Gasteiger partial charge >= 0.3 is 0 Å². The van der Waals surface area contributed by atoms with Crippen molar-refractivity contribution in [1.82, 2.24) is 24.8 Å². The molecule has 0 saturated carbocycles. The summed E-state index contributed by atoms with van der Waals surface area (Å²) in [6, 6.07) is 10.7. The summed E-state index contributed by atoms with van der Waals surface area (Å²) in [4.78, 5) is 43.4. The van der Waals surface area contributed by atoms with E-state index < -0.39 is 0 Å². The molecule has 1 N–H and O–H groups in total. The lowest BCUT2D eigenvalue weighted by molar-refractivity contribution is 0.0656. The topological polar surface area (TPSA) is 110 Å². The van der Waals surface area contributed by atoms with Gasteiger partial charge in [0.25, 0.3) is 11.8 Å². The van der Waals surface area contributed by atoms with Gasteiger partial charge in [-0.2, -0.15) is 0 Å². The van der Waals surface area contributed by atoms with E-state index >= 15 is 0 Å². The van der Waals surface area contributed by atoms with Crippen molar-refractivity contribution in [1.29, 1.82) is 0 Å². The van der Waals surface area contributed by atoms with Crippen molar-refractivity contribution in [3.63, 3.8) is 0 Å². The highest BCUT2D eigenvalue weighted by atomic mass is 32.1. The molecular formula is C29H30N6O4S. The van der Waals surface area contributed by atoms with Crippen LogP contribution in [-0.4, -0.2) is 76.5 Å². The number of amides is 2. The van der Waals surface area contributed by atoms with Crippen molar-refractivity contribution in [3.05, 3.63) is 64.9 Å². The molecule has 0 spiro atoms. The molecule has 4 aromatic rings. The number of nitrogens with zero attached hydrogens (tertiary/aromatic N) is 5. The van der Waals surface area contributed by atoms with Crippen LogP contribution < -0.4 is 14.8 Å². The SMILES string of the molecule is COc1cc2c(Nc3ncc(CCN4C(=O)c5ccccc5C4=O)s3)ncnc2cc1OCCCN1CCCC1. The Labute approximate surface area is 236 Å². The van der Waals surface area contributed by atoms with Crippen LogP contribution in [0.2, 0.25) is 0 Å². The van der Waals surface area contributed by atoms with Crippen LogP contribution in [0, 0.1) is 0 Å². The maximum Gasteiger partial charge on any atom is 0.261 e. The molecule has 206 valence electrons. The number of fused-ring (bicyclic) bond motifs is 2. The van der Waals surface area contributed by atoms with Gasteiger partial charge in [-0.1, -0.05) is 12.1 Å². The van der Waals surface area contributed by atoms with Gasteiger partial charge in [0.1, 0.15) is 12.1 Å². The molecule has 0 radical (unpaired) electrons. The molecule has 2 aliphatic heterocycles. The maximum atomic E-state index is 12.6. The number of methoxy groups -OCH3 is 1. The molecule has 2 aliphatic rings. The number of ether oxygens (including phenoxy) is 2. The summed E-state index contributed by atoms with van der Waals surface area (Å²) in [6.07, 6.45) is 7.30. The van der Waals surface area contributed by atoms with Crippen LogP contribution in [0.5, 0.6) is 11.5 Å². The van der Waals surface area contributed by atoms with Gasteiger partial charge in [0.15, 0.2) is 16.6 Å². The van der Waals surface area contributed by atoms with Crippen LogP contribution in [0.1, 0.15) is 44.9 Å². The van der Waals surface area contributed by atoms with E-state index in [0.717, 1.165) is 28.7 Å². The second-order valence-corrected chi connectivity index (χ2v) is 10.9. The normalized spacial score (nSPS) is 15.2. The molecule has 2 amide bonds. The molecule has 0 aliphatic carbocycles. The fourth-order valence-electron chi connectivity index (χ4n) is 5.16. The number of thiazole rings is 1. The molecule has 1 fully saturated rings. The number of carbonyl (C=O) groups excluding carboxylic acids is 2. The number of carbonyl (C=O) groups is 2. The Morgan fingerprint density at radius 2 is 1.75 bits per heavy atom. The lowest BCUT2D eigenvalue weighted by Crippen LogP contribution is -2.31. The maximum absolute atomic E-state index is 12.6. The second-order valence-electron chi connectivity index (χ2n) is 9.81. The quantitative estimate of drug-likeness (QED) is 0.210. The molecule has 0 atom stereocenters. The summed E-state index contributed by atoms with van der Waals surface area (Å²) in [5.41, 5.74) is 1.65. The van der Waals surface area contributed by atoms with Crippen molar-refractivity contribution in [2.75, 3.05) is 45.2 Å². The fourth-order valence-corrected chi connectivity index (χ4v) is 5.96. The predicted octanol–water partition coefficient (Wildman–Crippen LogP) is 4.54. The van der Waals surface area contributed by atoms with Gasteiger partial charge in [-0.05, 0) is 50.6 Å². The van der Waals surface area contributed by atoms with Crippen molar-refractivity contribution in [2.24, 2.45) is 0 Å². The molecule has 4 heterocycles. The molecule has 10 nitrogen and oxygen atoms in total. The van der Waals surface area contributed by atoms with E-state index in [9.17, 15) is 9.59 Å². The number of rotatable bonds is 11. The van der Waals surface area contributed by atoms with Gasteiger partial charge in [-0.3, -0.25) is 14.5 Å². The lowest BCUT2D eigenvalue weighted by atomic mass is 10.1. The van der Waals surface area contributed by atoms with E-state index in [2.05, 4.69) is 25.2 Å². The third-order valence-electron chi connectivity index (χ3n) is 7.23. The Morgan fingerprint density at radius 3 is 2.50 bits per heavy atom. The van der Waals surface area contributed by atoms with Crippen LogP contribution >= 0.6 is 11.3 Å². The number of imide groups is 1. The van der Waals surface area contributed by atoms with E-state index in [1.807, 2.05) is 12.1 Å². The standard InChI is InChI=1S/C29H30N6O4S/c1-38-24-15-22-23(16-25(24)39-14-6-12-34-10-4-5-11-34)31-18-32-26(22)33-29-30-17-19(40-29)9-13-35-27(36)20-7-2-3-8-21(20)28(35)37/h2-3,7-8,15-18H,4-6,9-14H2,1H3,(H,30,31,32,33). The highest BCUT2D eigenvalue weighted by Gasteiger charge is 2.34. The van der Waals surface area contributed by atoms with Gasteiger partial charge in [-0.25, -0.2) is 15.0 Å². The Balaban J connectivity index is 1.10. The number of anilines is 2. The smallest absolute Gasteiger partial charge is 0.261 e. The second kappa shape index (κ2) is 11.6. The molecule has 2 aromatic heterocycles. The van der Waals surface area contributed by atoms with Crippen LogP contribution in [0.25, 0.3) is 10.9 Å². The molecule has 0 unspecified atom stereocenters. The first-order valence-corrected chi connectivity index (χ1v) is 14.3. The van der Waals surface area contributed by atoms with E-state index in [4.69, 9.17) is 9.47 Å². The summed E-state index contributed by atoms with van der Waals surface area (Å²) < 4.78 is 11.7. The third kappa shape index (κ3) is 5.34. The molecule has 1 saturated heterocycles. The monoisotopic (exact) mass is 558 g/mol. The predicted molar refractivity (Wildman–Crippen MR) is 153 cm³/mol. The molecular weight excluding hydrogens is 528 g/mol. The van der Waals surface area contributed by atoms with E-state index in [-0.39, 0.29) is 11.8 Å². The van der Waals surface area contributed by atoms with E-state index in [1.165, 1.54) is 48.5 Å². The first kappa shape index (κ1) is 26.1. The Bertz CT molecular complexity index is 1520. The van der Waals surface area contributed by atoms with Crippen molar-refractivity contribution in [3.8, 4) is 11.5 Å².